The quantitative estimate of drug-likeness (QED) is 0.175. The van der Waals surface area contributed by atoms with Gasteiger partial charge in [-0.15, -0.1) is 6.42 Å². The van der Waals surface area contributed by atoms with Crippen molar-refractivity contribution in [3.05, 3.63) is 107 Å². The van der Waals surface area contributed by atoms with Crippen LogP contribution in [-0.2, 0) is 36.7 Å². The minimum absolute atomic E-state index is 0.0668. The molecule has 9 nitrogen and oxygen atoms in total. The molecule has 3 aromatic rings. The Bertz CT molecular complexity index is 1690. The molecule has 9 heteroatoms. The summed E-state index contributed by atoms with van der Waals surface area (Å²) in [4.78, 5) is 58.0. The van der Waals surface area contributed by atoms with Crippen LogP contribution in [0.4, 0.5) is 4.79 Å². The molecule has 0 saturated heterocycles. The van der Waals surface area contributed by atoms with Gasteiger partial charge in [0, 0.05) is 24.4 Å². The maximum atomic E-state index is 14.9. The van der Waals surface area contributed by atoms with Crippen molar-refractivity contribution in [2.24, 2.45) is 5.92 Å². The topological polar surface area (TPSA) is 114 Å². The van der Waals surface area contributed by atoms with Crippen molar-refractivity contribution in [1.82, 2.24) is 15.5 Å². The molecule has 1 aliphatic rings. The average Bonchev–Trinajstić information content (AvgIpc) is 3.77. The second-order valence-electron chi connectivity index (χ2n) is 14.8. The predicted molar refractivity (Wildman–Crippen MR) is 193 cm³/mol. The summed E-state index contributed by atoms with van der Waals surface area (Å²) in [5, 5.41) is 5.74. The van der Waals surface area contributed by atoms with Crippen LogP contribution in [0.2, 0.25) is 0 Å². The zero-order valence-electron chi connectivity index (χ0n) is 30.1. The van der Waals surface area contributed by atoms with Crippen molar-refractivity contribution in [1.29, 1.82) is 0 Å². The number of ether oxygens (including phenoxy) is 2. The van der Waals surface area contributed by atoms with Crippen LogP contribution < -0.4 is 10.6 Å². The van der Waals surface area contributed by atoms with Crippen LogP contribution in [-0.4, -0.2) is 58.1 Å². The molecular weight excluding hydrogens is 630 g/mol. The third-order valence-electron chi connectivity index (χ3n) is 8.18. The molecule has 0 bridgehead atoms. The highest BCUT2D eigenvalue weighted by atomic mass is 16.6. The fourth-order valence-corrected chi connectivity index (χ4v) is 5.80. The van der Waals surface area contributed by atoms with Crippen LogP contribution in [0.5, 0.6) is 0 Å². The Morgan fingerprint density at radius 2 is 1.28 bits per heavy atom. The molecule has 50 heavy (non-hydrogen) atoms. The molecule has 3 amide bonds. The molecule has 0 spiro atoms. The SMILES string of the molecule is C#Cc1ccccc1C(C(=O)NC(Cc1ccccc1)C(=O)OC(C)(C)C)N(C(=O)C(Cc1ccccc1)NC(=O)OC(C)(C)C)C1CC1C. The van der Waals surface area contributed by atoms with Crippen LogP contribution in [0.25, 0.3) is 0 Å². The lowest BCUT2D eigenvalue weighted by Gasteiger charge is -2.36. The van der Waals surface area contributed by atoms with E-state index in [-0.39, 0.29) is 24.8 Å². The molecule has 0 heterocycles. The number of rotatable bonds is 12. The van der Waals surface area contributed by atoms with Gasteiger partial charge in [-0.3, -0.25) is 9.59 Å². The van der Waals surface area contributed by atoms with Gasteiger partial charge in [0.25, 0.3) is 0 Å². The van der Waals surface area contributed by atoms with E-state index in [4.69, 9.17) is 15.9 Å². The van der Waals surface area contributed by atoms with Crippen LogP contribution in [0.3, 0.4) is 0 Å². The lowest BCUT2D eigenvalue weighted by Crippen LogP contribution is -2.56. The van der Waals surface area contributed by atoms with Gasteiger partial charge in [0.1, 0.15) is 29.3 Å². The lowest BCUT2D eigenvalue weighted by atomic mass is 9.95. The molecule has 5 unspecified atom stereocenters. The molecule has 0 aromatic heterocycles. The minimum atomic E-state index is -1.23. The number of hydrogen-bond donors (Lipinski definition) is 2. The fraction of sp³-hybridized carbons (Fsp3) is 0.415. The van der Waals surface area contributed by atoms with Gasteiger partial charge in [-0.25, -0.2) is 9.59 Å². The third kappa shape index (κ3) is 10.7. The molecule has 264 valence electrons. The Balaban J connectivity index is 1.80. The van der Waals surface area contributed by atoms with Gasteiger partial charge in [-0.05, 0) is 76.6 Å². The molecule has 0 radical (unpaired) electrons. The number of carbonyl (C=O) groups is 4. The maximum absolute atomic E-state index is 14.9. The number of terminal acetylenes is 1. The first-order valence-corrected chi connectivity index (χ1v) is 17.0. The Morgan fingerprint density at radius 1 is 0.780 bits per heavy atom. The molecule has 4 rings (SSSR count). The molecule has 0 aliphatic heterocycles. The highest BCUT2D eigenvalue weighted by Gasteiger charge is 2.49. The number of esters is 1. The highest BCUT2D eigenvalue weighted by molar-refractivity contribution is 5.95. The van der Waals surface area contributed by atoms with Crippen molar-refractivity contribution >= 4 is 23.9 Å². The van der Waals surface area contributed by atoms with Gasteiger partial charge >= 0.3 is 12.1 Å². The second-order valence-corrected chi connectivity index (χ2v) is 14.8. The van der Waals surface area contributed by atoms with E-state index in [1.165, 1.54) is 4.90 Å². The van der Waals surface area contributed by atoms with Crippen molar-refractivity contribution in [2.45, 2.75) is 103 Å². The fourth-order valence-electron chi connectivity index (χ4n) is 5.80. The van der Waals surface area contributed by atoms with Gasteiger partial charge < -0.3 is 25.0 Å². The first kappa shape index (κ1) is 37.7. The summed E-state index contributed by atoms with van der Waals surface area (Å²) in [5.74, 6) is 1.06. The maximum Gasteiger partial charge on any atom is 0.408 e. The summed E-state index contributed by atoms with van der Waals surface area (Å²) >= 11 is 0. The van der Waals surface area contributed by atoms with Crippen molar-refractivity contribution < 1.29 is 28.7 Å². The number of carbonyl (C=O) groups excluding carboxylic acids is 4. The molecule has 2 N–H and O–H groups in total. The molecule has 1 fully saturated rings. The van der Waals surface area contributed by atoms with E-state index >= 15 is 0 Å². The molecule has 5 atom stereocenters. The first-order valence-electron chi connectivity index (χ1n) is 17.0. The third-order valence-corrected chi connectivity index (χ3v) is 8.18. The zero-order valence-corrected chi connectivity index (χ0v) is 30.1. The second kappa shape index (κ2) is 16.1. The predicted octanol–water partition coefficient (Wildman–Crippen LogP) is 6.15. The van der Waals surface area contributed by atoms with Crippen LogP contribution in [0.1, 0.15) is 83.2 Å². The van der Waals surface area contributed by atoms with Crippen molar-refractivity contribution in [3.63, 3.8) is 0 Å². The van der Waals surface area contributed by atoms with E-state index in [1.54, 1.807) is 65.8 Å². The van der Waals surface area contributed by atoms with Gasteiger partial charge in [-0.2, -0.15) is 0 Å². The smallest absolute Gasteiger partial charge is 0.408 e. The van der Waals surface area contributed by atoms with Crippen molar-refractivity contribution in [2.75, 3.05) is 0 Å². The Labute approximate surface area is 296 Å². The van der Waals surface area contributed by atoms with E-state index in [2.05, 4.69) is 16.6 Å². The molecular formula is C41H49N3O6. The van der Waals surface area contributed by atoms with Crippen LogP contribution in [0.15, 0.2) is 84.9 Å². The Hall–Kier alpha value is -5.10. The summed E-state index contributed by atoms with van der Waals surface area (Å²) in [6.45, 7) is 12.5. The van der Waals surface area contributed by atoms with Gasteiger partial charge in [-0.1, -0.05) is 91.7 Å². The summed E-state index contributed by atoms with van der Waals surface area (Å²) in [6.07, 6.45) is 6.15. The van der Waals surface area contributed by atoms with E-state index in [0.717, 1.165) is 11.1 Å². The van der Waals surface area contributed by atoms with E-state index in [9.17, 15) is 19.2 Å². The number of nitrogens with one attached hydrogen (secondary N) is 2. The summed E-state index contributed by atoms with van der Waals surface area (Å²) in [5.41, 5.74) is 0.865. The zero-order chi connectivity index (χ0) is 36.6. The molecule has 1 saturated carbocycles. The van der Waals surface area contributed by atoms with E-state index in [1.807, 2.05) is 67.6 Å². The Kier molecular flexibility index (Phi) is 12.1. The molecule has 1 aliphatic carbocycles. The Morgan fingerprint density at radius 3 is 1.78 bits per heavy atom. The number of amides is 3. The number of benzene rings is 3. The first-order chi connectivity index (χ1) is 23.6. The number of hydrogen-bond acceptors (Lipinski definition) is 6. The summed E-state index contributed by atoms with van der Waals surface area (Å²) < 4.78 is 11.3. The molecule has 3 aromatic carbocycles. The lowest BCUT2D eigenvalue weighted by molar-refractivity contribution is -0.159. The normalized spacial score (nSPS) is 17.2. The largest absolute Gasteiger partial charge is 0.458 e. The van der Waals surface area contributed by atoms with Crippen LogP contribution >= 0.6 is 0 Å². The van der Waals surface area contributed by atoms with Crippen LogP contribution in [0, 0.1) is 18.3 Å². The van der Waals surface area contributed by atoms with Gasteiger partial charge in [0.15, 0.2) is 0 Å². The standard InChI is InChI=1S/C41H49N3O6/c1-9-30-22-16-17-23-31(30)35(36(45)42-33(38(47)49-40(3,4)5)26-29-20-14-11-15-21-29)44(34-24-27(34)2)37(46)32(25-28-18-12-10-13-19-28)43-39(48)50-41(6,7)8/h1,10-23,27,32-35H,24-26H2,2-8H3,(H,42,45)(H,43,48). The monoisotopic (exact) mass is 679 g/mol. The van der Waals surface area contributed by atoms with E-state index in [0.29, 0.717) is 17.5 Å². The summed E-state index contributed by atoms with van der Waals surface area (Å²) in [6, 6.07) is 21.9. The average molecular weight is 680 g/mol. The number of alkyl carbamates (subject to hydrolysis) is 1. The van der Waals surface area contributed by atoms with Gasteiger partial charge in [0.2, 0.25) is 11.8 Å². The van der Waals surface area contributed by atoms with Gasteiger partial charge in [0.05, 0.1) is 0 Å². The number of nitrogens with zero attached hydrogens (tertiary/aromatic N) is 1. The minimum Gasteiger partial charge on any atom is -0.458 e. The summed E-state index contributed by atoms with van der Waals surface area (Å²) in [7, 11) is 0. The van der Waals surface area contributed by atoms with E-state index < -0.39 is 53.2 Å². The highest BCUT2D eigenvalue weighted by Crippen LogP contribution is 2.41. The van der Waals surface area contributed by atoms with Crippen molar-refractivity contribution in [3.8, 4) is 12.3 Å².